The standard InChI is InChI=1S/C19H18ClN3O2S/c1-3-23(16-10-5-4-6-11-16)18(24)13(2)26-19-22-21-17(25-19)14-8-7-9-15(20)12-14/h4-13H,3H2,1-2H3. The van der Waals surface area contributed by atoms with Crippen LogP contribution in [0.1, 0.15) is 13.8 Å². The van der Waals surface area contributed by atoms with Gasteiger partial charge in [0.1, 0.15) is 0 Å². The molecule has 1 atom stereocenters. The maximum absolute atomic E-state index is 12.8. The predicted octanol–water partition coefficient (Wildman–Crippen LogP) is 4.92. The van der Waals surface area contributed by atoms with Gasteiger partial charge in [0.2, 0.25) is 11.8 Å². The number of rotatable bonds is 6. The lowest BCUT2D eigenvalue weighted by atomic mass is 10.2. The summed E-state index contributed by atoms with van der Waals surface area (Å²) in [6.07, 6.45) is 0. The lowest BCUT2D eigenvalue weighted by Gasteiger charge is -2.23. The van der Waals surface area contributed by atoms with Crippen LogP contribution in [0.5, 0.6) is 0 Å². The molecule has 0 aliphatic carbocycles. The van der Waals surface area contributed by atoms with Gasteiger partial charge in [-0.25, -0.2) is 0 Å². The van der Waals surface area contributed by atoms with Gasteiger partial charge in [-0.15, -0.1) is 10.2 Å². The molecule has 1 heterocycles. The second-order valence-electron chi connectivity index (χ2n) is 5.56. The smallest absolute Gasteiger partial charge is 0.277 e. The number of hydrogen-bond donors (Lipinski definition) is 0. The van der Waals surface area contributed by atoms with Crippen molar-refractivity contribution in [2.24, 2.45) is 0 Å². The number of carbonyl (C=O) groups is 1. The van der Waals surface area contributed by atoms with Crippen molar-refractivity contribution in [2.75, 3.05) is 11.4 Å². The van der Waals surface area contributed by atoms with Gasteiger partial charge in [0.15, 0.2) is 0 Å². The third-order valence-electron chi connectivity index (χ3n) is 3.75. The lowest BCUT2D eigenvalue weighted by Crippen LogP contribution is -2.36. The van der Waals surface area contributed by atoms with Crippen molar-refractivity contribution >= 4 is 35.0 Å². The number of anilines is 1. The number of benzene rings is 2. The fourth-order valence-corrected chi connectivity index (χ4v) is 3.43. The molecule has 7 heteroatoms. The maximum Gasteiger partial charge on any atom is 0.277 e. The summed E-state index contributed by atoms with van der Waals surface area (Å²) in [5, 5.41) is 8.67. The Bertz CT molecular complexity index is 885. The molecule has 0 radical (unpaired) electrons. The quantitative estimate of drug-likeness (QED) is 0.561. The van der Waals surface area contributed by atoms with E-state index in [2.05, 4.69) is 10.2 Å². The molecule has 0 spiro atoms. The average Bonchev–Trinajstić information content (AvgIpc) is 3.11. The summed E-state index contributed by atoms with van der Waals surface area (Å²) in [5.74, 6) is 0.372. The van der Waals surface area contributed by atoms with E-state index in [9.17, 15) is 4.79 Å². The Morgan fingerprint density at radius 1 is 1.19 bits per heavy atom. The van der Waals surface area contributed by atoms with Gasteiger partial charge in [0.05, 0.1) is 5.25 Å². The topological polar surface area (TPSA) is 59.2 Å². The molecule has 0 N–H and O–H groups in total. The molecule has 26 heavy (non-hydrogen) atoms. The first-order valence-corrected chi connectivity index (χ1v) is 9.46. The number of amides is 1. The molecule has 0 fully saturated rings. The van der Waals surface area contributed by atoms with Crippen LogP contribution in [0.3, 0.4) is 0 Å². The Labute approximate surface area is 161 Å². The number of hydrogen-bond acceptors (Lipinski definition) is 5. The molecule has 5 nitrogen and oxygen atoms in total. The Morgan fingerprint density at radius 3 is 2.65 bits per heavy atom. The second kappa shape index (κ2) is 8.38. The average molecular weight is 388 g/mol. The van der Waals surface area contributed by atoms with Crippen LogP contribution in [-0.4, -0.2) is 27.9 Å². The van der Waals surface area contributed by atoms with Crippen molar-refractivity contribution < 1.29 is 9.21 Å². The van der Waals surface area contributed by atoms with Crippen molar-refractivity contribution in [1.29, 1.82) is 0 Å². The maximum atomic E-state index is 12.8. The number of carbonyl (C=O) groups excluding carboxylic acids is 1. The van der Waals surface area contributed by atoms with Gasteiger partial charge in [-0.3, -0.25) is 4.79 Å². The van der Waals surface area contributed by atoms with E-state index in [4.69, 9.17) is 16.0 Å². The molecular weight excluding hydrogens is 370 g/mol. The molecule has 3 rings (SSSR count). The highest BCUT2D eigenvalue weighted by molar-refractivity contribution is 8.00. The SMILES string of the molecule is CCN(C(=O)C(C)Sc1nnc(-c2cccc(Cl)c2)o1)c1ccccc1. The van der Waals surface area contributed by atoms with Gasteiger partial charge in [-0.2, -0.15) is 0 Å². The fourth-order valence-electron chi connectivity index (χ4n) is 2.49. The van der Waals surface area contributed by atoms with Crippen molar-refractivity contribution in [3.63, 3.8) is 0 Å². The first kappa shape index (κ1) is 18.5. The minimum absolute atomic E-state index is 0.00814. The van der Waals surface area contributed by atoms with E-state index < -0.39 is 0 Å². The molecule has 1 aromatic heterocycles. The predicted molar refractivity (Wildman–Crippen MR) is 105 cm³/mol. The zero-order valence-electron chi connectivity index (χ0n) is 14.4. The Hall–Kier alpha value is -2.31. The molecule has 0 saturated carbocycles. The summed E-state index contributed by atoms with van der Waals surface area (Å²) in [7, 11) is 0. The van der Waals surface area contributed by atoms with Crippen LogP contribution in [-0.2, 0) is 4.79 Å². The third kappa shape index (κ3) is 4.26. The summed E-state index contributed by atoms with van der Waals surface area (Å²) in [4.78, 5) is 14.5. The summed E-state index contributed by atoms with van der Waals surface area (Å²) < 4.78 is 5.68. The van der Waals surface area contributed by atoms with Crippen LogP contribution in [0.4, 0.5) is 5.69 Å². The lowest BCUT2D eigenvalue weighted by molar-refractivity contribution is -0.117. The second-order valence-corrected chi connectivity index (χ2v) is 7.29. The summed E-state index contributed by atoms with van der Waals surface area (Å²) in [6, 6.07) is 16.8. The molecule has 1 amide bonds. The zero-order chi connectivity index (χ0) is 18.5. The minimum Gasteiger partial charge on any atom is -0.411 e. The highest BCUT2D eigenvalue weighted by atomic mass is 35.5. The van der Waals surface area contributed by atoms with E-state index in [1.165, 1.54) is 11.8 Å². The first-order chi connectivity index (χ1) is 12.6. The van der Waals surface area contributed by atoms with E-state index in [-0.39, 0.29) is 11.2 Å². The van der Waals surface area contributed by atoms with E-state index in [0.29, 0.717) is 22.7 Å². The first-order valence-electron chi connectivity index (χ1n) is 8.21. The number of para-hydroxylation sites is 1. The van der Waals surface area contributed by atoms with Gasteiger partial charge in [0.25, 0.3) is 5.22 Å². The molecular formula is C19H18ClN3O2S. The van der Waals surface area contributed by atoms with Crippen molar-refractivity contribution in [1.82, 2.24) is 10.2 Å². The number of nitrogens with zero attached hydrogens (tertiary/aromatic N) is 3. The van der Waals surface area contributed by atoms with Crippen molar-refractivity contribution in [2.45, 2.75) is 24.3 Å². The Balaban J connectivity index is 1.71. The van der Waals surface area contributed by atoms with Gasteiger partial charge in [-0.1, -0.05) is 47.6 Å². The van der Waals surface area contributed by atoms with Crippen LogP contribution in [0.15, 0.2) is 64.2 Å². The van der Waals surface area contributed by atoms with E-state index in [1.54, 1.807) is 17.0 Å². The molecule has 1 unspecified atom stereocenters. The van der Waals surface area contributed by atoms with Crippen LogP contribution >= 0.6 is 23.4 Å². The van der Waals surface area contributed by atoms with Gasteiger partial charge < -0.3 is 9.32 Å². The summed E-state index contributed by atoms with van der Waals surface area (Å²) >= 11 is 7.24. The monoisotopic (exact) mass is 387 g/mol. The molecule has 0 saturated heterocycles. The van der Waals surface area contributed by atoms with E-state index >= 15 is 0 Å². The normalized spacial score (nSPS) is 12.0. The van der Waals surface area contributed by atoms with E-state index in [0.717, 1.165) is 11.3 Å². The fraction of sp³-hybridized carbons (Fsp3) is 0.211. The van der Waals surface area contributed by atoms with Crippen LogP contribution < -0.4 is 4.90 Å². The highest BCUT2D eigenvalue weighted by Crippen LogP contribution is 2.29. The van der Waals surface area contributed by atoms with Crippen LogP contribution in [0, 0.1) is 0 Å². The number of thioether (sulfide) groups is 1. The molecule has 3 aromatic rings. The number of aromatic nitrogens is 2. The minimum atomic E-state index is -0.359. The van der Waals surface area contributed by atoms with Crippen molar-refractivity contribution in [3.05, 3.63) is 59.6 Å². The summed E-state index contributed by atoms with van der Waals surface area (Å²) in [6.45, 7) is 4.37. The Morgan fingerprint density at radius 2 is 1.96 bits per heavy atom. The molecule has 0 aliphatic rings. The van der Waals surface area contributed by atoms with Crippen LogP contribution in [0.25, 0.3) is 11.5 Å². The largest absolute Gasteiger partial charge is 0.411 e. The molecule has 2 aromatic carbocycles. The van der Waals surface area contributed by atoms with Gasteiger partial charge in [-0.05, 0) is 44.2 Å². The molecule has 134 valence electrons. The van der Waals surface area contributed by atoms with Crippen molar-refractivity contribution in [3.8, 4) is 11.5 Å². The highest BCUT2D eigenvalue weighted by Gasteiger charge is 2.24. The van der Waals surface area contributed by atoms with Gasteiger partial charge in [0, 0.05) is 22.8 Å². The zero-order valence-corrected chi connectivity index (χ0v) is 16.0. The molecule has 0 bridgehead atoms. The Kier molecular flexibility index (Phi) is 5.96. The van der Waals surface area contributed by atoms with E-state index in [1.807, 2.05) is 56.3 Å². The van der Waals surface area contributed by atoms with Gasteiger partial charge >= 0.3 is 0 Å². The number of halogens is 1. The summed E-state index contributed by atoms with van der Waals surface area (Å²) in [5.41, 5.74) is 1.62. The van der Waals surface area contributed by atoms with Crippen LogP contribution in [0.2, 0.25) is 5.02 Å². The third-order valence-corrected chi connectivity index (χ3v) is 4.91. The molecule has 0 aliphatic heterocycles.